The van der Waals surface area contributed by atoms with Crippen molar-refractivity contribution in [2.75, 3.05) is 0 Å². The molecule has 0 aliphatic rings. The third-order valence-electron chi connectivity index (χ3n) is 2.04. The number of nitrogens with one attached hydrogen (secondary N) is 2. The quantitative estimate of drug-likeness (QED) is 0.720. The van der Waals surface area contributed by atoms with E-state index >= 15 is 0 Å². The molecule has 0 radical (unpaired) electrons. The molecule has 0 aliphatic carbocycles. The second-order valence-electron chi connectivity index (χ2n) is 3.27. The predicted octanol–water partition coefficient (Wildman–Crippen LogP) is 1.22. The highest BCUT2D eigenvalue weighted by molar-refractivity contribution is 5.73. The number of aryl methyl sites for hydroxylation is 2. The smallest absolute Gasteiger partial charge is 0.217 e. The SMILES string of the molecule is CC(=O)NC(C)c1c(C)n[nH]c1C. The zero-order valence-corrected chi connectivity index (χ0v) is 8.43. The van der Waals surface area contributed by atoms with Gasteiger partial charge in [-0.25, -0.2) is 0 Å². The maximum atomic E-state index is 10.8. The van der Waals surface area contributed by atoms with Gasteiger partial charge in [0.2, 0.25) is 5.91 Å². The normalized spacial score (nSPS) is 12.6. The lowest BCUT2D eigenvalue weighted by Gasteiger charge is -2.12. The van der Waals surface area contributed by atoms with Crippen molar-refractivity contribution in [3.63, 3.8) is 0 Å². The van der Waals surface area contributed by atoms with Crippen LogP contribution in [0.5, 0.6) is 0 Å². The van der Waals surface area contributed by atoms with Crippen molar-refractivity contribution in [2.45, 2.75) is 33.7 Å². The summed E-state index contributed by atoms with van der Waals surface area (Å²) in [6.07, 6.45) is 0. The minimum atomic E-state index is -0.0208. The van der Waals surface area contributed by atoms with Gasteiger partial charge in [-0.15, -0.1) is 0 Å². The van der Waals surface area contributed by atoms with Gasteiger partial charge in [0, 0.05) is 18.2 Å². The summed E-state index contributed by atoms with van der Waals surface area (Å²) in [5.41, 5.74) is 3.03. The van der Waals surface area contributed by atoms with E-state index in [1.165, 1.54) is 6.92 Å². The van der Waals surface area contributed by atoms with Gasteiger partial charge in [-0.3, -0.25) is 9.89 Å². The summed E-state index contributed by atoms with van der Waals surface area (Å²) in [7, 11) is 0. The molecule has 4 heteroatoms. The lowest BCUT2D eigenvalue weighted by molar-refractivity contribution is -0.119. The molecule has 1 aromatic rings. The van der Waals surface area contributed by atoms with Crippen LogP contribution < -0.4 is 5.32 Å². The van der Waals surface area contributed by atoms with Crippen LogP contribution in [0.15, 0.2) is 0 Å². The average Bonchev–Trinajstić information content (AvgIpc) is 2.29. The first-order valence-corrected chi connectivity index (χ1v) is 4.31. The number of aromatic nitrogens is 2. The lowest BCUT2D eigenvalue weighted by Crippen LogP contribution is -2.24. The molecule has 2 N–H and O–H groups in total. The van der Waals surface area contributed by atoms with Crippen LogP contribution in [-0.2, 0) is 4.79 Å². The van der Waals surface area contributed by atoms with Crippen LogP contribution in [0, 0.1) is 13.8 Å². The van der Waals surface area contributed by atoms with E-state index in [9.17, 15) is 4.79 Å². The van der Waals surface area contributed by atoms with Gasteiger partial charge in [0.05, 0.1) is 11.7 Å². The molecule has 1 atom stereocenters. The maximum absolute atomic E-state index is 10.8. The second-order valence-corrected chi connectivity index (χ2v) is 3.27. The zero-order chi connectivity index (χ0) is 10.0. The van der Waals surface area contributed by atoms with Gasteiger partial charge in [-0.1, -0.05) is 0 Å². The summed E-state index contributed by atoms with van der Waals surface area (Å²) in [6.45, 7) is 7.35. The Morgan fingerprint density at radius 2 is 2.15 bits per heavy atom. The molecule has 1 unspecified atom stereocenters. The van der Waals surface area contributed by atoms with Crippen LogP contribution in [0.2, 0.25) is 0 Å². The van der Waals surface area contributed by atoms with Crippen LogP contribution >= 0.6 is 0 Å². The first kappa shape index (κ1) is 9.77. The van der Waals surface area contributed by atoms with E-state index in [-0.39, 0.29) is 11.9 Å². The molecule has 72 valence electrons. The first-order valence-electron chi connectivity index (χ1n) is 4.31. The third kappa shape index (κ3) is 2.08. The number of nitrogens with zero attached hydrogens (tertiary/aromatic N) is 1. The number of aromatic amines is 1. The Bertz CT molecular complexity index is 297. The Balaban J connectivity index is 2.87. The van der Waals surface area contributed by atoms with Crippen molar-refractivity contribution in [1.29, 1.82) is 0 Å². The molecule has 1 aromatic heterocycles. The summed E-state index contributed by atoms with van der Waals surface area (Å²) >= 11 is 0. The first-order chi connectivity index (χ1) is 6.02. The minimum Gasteiger partial charge on any atom is -0.350 e. The lowest BCUT2D eigenvalue weighted by atomic mass is 10.1. The number of carbonyl (C=O) groups excluding carboxylic acids is 1. The molecule has 4 nitrogen and oxygen atoms in total. The van der Waals surface area contributed by atoms with Crippen LogP contribution in [0.1, 0.15) is 36.8 Å². The summed E-state index contributed by atoms with van der Waals surface area (Å²) in [5.74, 6) is -0.0208. The molecule has 1 rings (SSSR count). The molecule has 0 saturated carbocycles. The van der Waals surface area contributed by atoms with Crippen LogP contribution in [-0.4, -0.2) is 16.1 Å². The molecule has 0 aromatic carbocycles. The number of rotatable bonds is 2. The Kier molecular flexibility index (Phi) is 2.70. The summed E-state index contributed by atoms with van der Waals surface area (Å²) < 4.78 is 0. The highest BCUT2D eigenvalue weighted by Gasteiger charge is 2.14. The summed E-state index contributed by atoms with van der Waals surface area (Å²) in [5, 5.41) is 9.79. The highest BCUT2D eigenvalue weighted by atomic mass is 16.1. The standard InChI is InChI=1S/C9H15N3O/c1-5(10-8(4)13)9-6(2)11-12-7(9)3/h5H,1-4H3,(H,10,13)(H,11,12). The number of H-pyrrole nitrogens is 1. The van der Waals surface area contributed by atoms with Crippen LogP contribution in [0.25, 0.3) is 0 Å². The number of amides is 1. The van der Waals surface area contributed by atoms with Gasteiger partial charge < -0.3 is 5.32 Å². The van der Waals surface area contributed by atoms with E-state index in [1.54, 1.807) is 0 Å². The van der Waals surface area contributed by atoms with Gasteiger partial charge >= 0.3 is 0 Å². The van der Waals surface area contributed by atoms with Crippen molar-refractivity contribution < 1.29 is 4.79 Å². The van der Waals surface area contributed by atoms with Gasteiger partial charge in [-0.2, -0.15) is 5.10 Å². The van der Waals surface area contributed by atoms with E-state index in [1.807, 2.05) is 20.8 Å². The fourth-order valence-corrected chi connectivity index (χ4v) is 1.57. The summed E-state index contributed by atoms with van der Waals surface area (Å²) in [6, 6.07) is 0.0243. The van der Waals surface area contributed by atoms with Gasteiger partial charge in [0.15, 0.2) is 0 Å². The molecule has 0 spiro atoms. The predicted molar refractivity (Wildman–Crippen MR) is 50.3 cm³/mol. The minimum absolute atomic E-state index is 0.0208. The molecule has 13 heavy (non-hydrogen) atoms. The number of carbonyl (C=O) groups is 1. The Labute approximate surface area is 77.7 Å². The van der Waals surface area contributed by atoms with Crippen molar-refractivity contribution in [2.24, 2.45) is 0 Å². The van der Waals surface area contributed by atoms with Crippen molar-refractivity contribution in [3.8, 4) is 0 Å². The largest absolute Gasteiger partial charge is 0.350 e. The topological polar surface area (TPSA) is 57.8 Å². The van der Waals surface area contributed by atoms with Crippen molar-refractivity contribution in [3.05, 3.63) is 17.0 Å². The molecule has 0 fully saturated rings. The Hall–Kier alpha value is -1.32. The maximum Gasteiger partial charge on any atom is 0.217 e. The van der Waals surface area contributed by atoms with E-state index in [0.717, 1.165) is 17.0 Å². The Morgan fingerprint density at radius 1 is 1.54 bits per heavy atom. The Morgan fingerprint density at radius 3 is 2.54 bits per heavy atom. The zero-order valence-electron chi connectivity index (χ0n) is 8.43. The van der Waals surface area contributed by atoms with E-state index in [0.29, 0.717) is 0 Å². The van der Waals surface area contributed by atoms with Crippen LogP contribution in [0.3, 0.4) is 0 Å². The van der Waals surface area contributed by atoms with Gasteiger partial charge in [0.1, 0.15) is 0 Å². The molecule has 0 aliphatic heterocycles. The second kappa shape index (κ2) is 3.60. The van der Waals surface area contributed by atoms with E-state index in [4.69, 9.17) is 0 Å². The fourth-order valence-electron chi connectivity index (χ4n) is 1.57. The average molecular weight is 181 g/mol. The fraction of sp³-hybridized carbons (Fsp3) is 0.556. The third-order valence-corrected chi connectivity index (χ3v) is 2.04. The molecule has 0 bridgehead atoms. The van der Waals surface area contributed by atoms with Crippen molar-refractivity contribution >= 4 is 5.91 Å². The van der Waals surface area contributed by atoms with E-state index < -0.39 is 0 Å². The molecule has 1 amide bonds. The van der Waals surface area contributed by atoms with Gasteiger partial charge in [0.25, 0.3) is 0 Å². The molecular formula is C9H15N3O. The highest BCUT2D eigenvalue weighted by Crippen LogP contribution is 2.18. The number of hydrogen-bond donors (Lipinski definition) is 2. The molecule has 1 heterocycles. The molecule has 0 saturated heterocycles. The number of hydrogen-bond acceptors (Lipinski definition) is 2. The summed E-state index contributed by atoms with van der Waals surface area (Å²) in [4.78, 5) is 10.8. The van der Waals surface area contributed by atoms with Crippen molar-refractivity contribution in [1.82, 2.24) is 15.5 Å². The van der Waals surface area contributed by atoms with E-state index in [2.05, 4.69) is 15.5 Å². The van der Waals surface area contributed by atoms with Crippen LogP contribution in [0.4, 0.5) is 0 Å². The van der Waals surface area contributed by atoms with Gasteiger partial charge in [-0.05, 0) is 20.8 Å². The molecular weight excluding hydrogens is 166 g/mol. The monoisotopic (exact) mass is 181 g/mol.